The predicted molar refractivity (Wildman–Crippen MR) is 134 cm³/mol. The van der Waals surface area contributed by atoms with E-state index in [-0.39, 0.29) is 12.8 Å². The molecular formula is C25H30Br2O6. The van der Waals surface area contributed by atoms with E-state index in [0.29, 0.717) is 31.8 Å². The molecule has 180 valence electrons. The van der Waals surface area contributed by atoms with Gasteiger partial charge < -0.3 is 19.7 Å². The Balaban J connectivity index is 1.80. The first-order valence-electron chi connectivity index (χ1n) is 11.1. The van der Waals surface area contributed by atoms with Gasteiger partial charge in [-0.1, -0.05) is 56.8 Å². The fourth-order valence-electron chi connectivity index (χ4n) is 3.47. The number of carbonyl (C=O) groups is 2. The van der Waals surface area contributed by atoms with Gasteiger partial charge in [-0.05, 0) is 67.5 Å². The van der Waals surface area contributed by atoms with Gasteiger partial charge in [0.15, 0.2) is 0 Å². The second kappa shape index (κ2) is 15.0. The summed E-state index contributed by atoms with van der Waals surface area (Å²) in [6.07, 6.45) is 5.79. The first-order valence-corrected chi connectivity index (χ1v) is 12.7. The zero-order chi connectivity index (χ0) is 24.1. The number of ether oxygens (including phenoxy) is 2. The summed E-state index contributed by atoms with van der Waals surface area (Å²) in [6.45, 7) is 0.955. The van der Waals surface area contributed by atoms with Crippen LogP contribution in [0.5, 0.6) is 11.5 Å². The van der Waals surface area contributed by atoms with E-state index in [2.05, 4.69) is 31.9 Å². The van der Waals surface area contributed by atoms with Crippen molar-refractivity contribution in [3.05, 3.63) is 56.5 Å². The number of carboxylic acid groups (broad SMARTS) is 2. The molecule has 0 aliphatic heterocycles. The first kappa shape index (κ1) is 27.2. The molecule has 0 unspecified atom stereocenters. The Bertz CT molecular complexity index is 896. The van der Waals surface area contributed by atoms with Crippen molar-refractivity contribution >= 4 is 43.8 Å². The number of hydrogen-bond donors (Lipinski definition) is 2. The Hall–Kier alpha value is -2.06. The average Bonchev–Trinajstić information content (AvgIpc) is 2.74. The molecule has 2 aromatic rings. The van der Waals surface area contributed by atoms with E-state index in [1.165, 1.54) is 0 Å². The second-order valence-corrected chi connectivity index (χ2v) is 9.58. The predicted octanol–water partition coefficient (Wildman–Crippen LogP) is 6.65. The zero-order valence-corrected chi connectivity index (χ0v) is 21.7. The summed E-state index contributed by atoms with van der Waals surface area (Å²) in [5.74, 6) is -0.209. The molecule has 0 fully saturated rings. The molecule has 0 aromatic heterocycles. The highest BCUT2D eigenvalue weighted by molar-refractivity contribution is 9.11. The number of rotatable bonds is 16. The molecule has 0 saturated heterocycles. The van der Waals surface area contributed by atoms with Crippen LogP contribution in [0.4, 0.5) is 0 Å². The molecule has 0 bridgehead atoms. The van der Waals surface area contributed by atoms with Gasteiger partial charge in [-0.25, -0.2) is 0 Å². The van der Waals surface area contributed by atoms with Crippen molar-refractivity contribution in [2.24, 2.45) is 0 Å². The SMILES string of the molecule is O=C(O)CCCOc1cccc(CCCCCCOc2cc(Br)cc(Br)c2)c1CCC(=O)O. The lowest BCUT2D eigenvalue weighted by Gasteiger charge is -2.15. The highest BCUT2D eigenvalue weighted by atomic mass is 79.9. The maximum atomic E-state index is 11.1. The number of benzene rings is 2. The molecule has 0 radical (unpaired) electrons. The zero-order valence-electron chi connectivity index (χ0n) is 18.5. The Morgan fingerprint density at radius 1 is 0.758 bits per heavy atom. The van der Waals surface area contributed by atoms with Crippen LogP contribution in [0.15, 0.2) is 45.3 Å². The monoisotopic (exact) mass is 584 g/mol. The maximum Gasteiger partial charge on any atom is 0.303 e. The molecule has 0 aliphatic rings. The molecule has 2 aromatic carbocycles. The van der Waals surface area contributed by atoms with Crippen LogP contribution in [0.2, 0.25) is 0 Å². The number of unbranched alkanes of at least 4 members (excludes halogenated alkanes) is 3. The van der Waals surface area contributed by atoms with Crippen LogP contribution >= 0.6 is 31.9 Å². The minimum absolute atomic E-state index is 0.0333. The lowest BCUT2D eigenvalue weighted by molar-refractivity contribution is -0.138. The van der Waals surface area contributed by atoms with E-state index >= 15 is 0 Å². The van der Waals surface area contributed by atoms with Gasteiger partial charge >= 0.3 is 11.9 Å². The average molecular weight is 586 g/mol. The molecule has 2 N–H and O–H groups in total. The number of aryl methyl sites for hydroxylation is 1. The van der Waals surface area contributed by atoms with Gasteiger partial charge in [0.1, 0.15) is 11.5 Å². The smallest absolute Gasteiger partial charge is 0.303 e. The highest BCUT2D eigenvalue weighted by Crippen LogP contribution is 2.27. The molecule has 0 aliphatic carbocycles. The maximum absolute atomic E-state index is 11.1. The standard InChI is InChI=1S/C25H30Br2O6/c26-19-15-20(27)17-21(16-19)32-13-4-2-1-3-7-18-8-5-9-23(22(18)11-12-25(30)31)33-14-6-10-24(28)29/h5,8-9,15-17H,1-4,6-7,10-14H2,(H,28,29)(H,30,31). The third kappa shape index (κ3) is 11.1. The molecule has 2 rings (SSSR count). The quantitative estimate of drug-likeness (QED) is 0.214. The number of hydrogen-bond acceptors (Lipinski definition) is 4. The van der Waals surface area contributed by atoms with E-state index in [1.54, 1.807) is 0 Å². The van der Waals surface area contributed by atoms with Gasteiger partial charge in [0.05, 0.1) is 13.2 Å². The normalized spacial score (nSPS) is 10.7. The van der Waals surface area contributed by atoms with E-state index in [1.807, 2.05) is 36.4 Å². The van der Waals surface area contributed by atoms with Gasteiger partial charge in [0.2, 0.25) is 0 Å². The van der Waals surface area contributed by atoms with Crippen LogP contribution in [-0.2, 0) is 22.4 Å². The van der Waals surface area contributed by atoms with Gasteiger partial charge in [0.25, 0.3) is 0 Å². The largest absolute Gasteiger partial charge is 0.494 e. The molecule has 0 amide bonds. The van der Waals surface area contributed by atoms with Crippen LogP contribution in [0.3, 0.4) is 0 Å². The van der Waals surface area contributed by atoms with Crippen molar-refractivity contribution in [1.82, 2.24) is 0 Å². The second-order valence-electron chi connectivity index (χ2n) is 7.75. The van der Waals surface area contributed by atoms with Crippen molar-refractivity contribution in [3.63, 3.8) is 0 Å². The van der Waals surface area contributed by atoms with Gasteiger partial charge in [-0.2, -0.15) is 0 Å². The van der Waals surface area contributed by atoms with Crippen molar-refractivity contribution in [2.45, 2.75) is 57.8 Å². The van der Waals surface area contributed by atoms with Crippen LogP contribution < -0.4 is 9.47 Å². The summed E-state index contributed by atoms with van der Waals surface area (Å²) in [4.78, 5) is 21.8. The van der Waals surface area contributed by atoms with Crippen LogP contribution in [0.25, 0.3) is 0 Å². The lowest BCUT2D eigenvalue weighted by atomic mass is 9.97. The fourth-order valence-corrected chi connectivity index (χ4v) is 4.73. The lowest BCUT2D eigenvalue weighted by Crippen LogP contribution is -2.07. The topological polar surface area (TPSA) is 93.1 Å². The fraction of sp³-hybridized carbons (Fsp3) is 0.440. The third-order valence-electron chi connectivity index (χ3n) is 5.06. The number of carboxylic acids is 2. The first-order chi connectivity index (χ1) is 15.8. The van der Waals surface area contributed by atoms with Gasteiger partial charge in [-0.3, -0.25) is 9.59 Å². The summed E-state index contributed by atoms with van der Waals surface area (Å²) in [7, 11) is 0. The van der Waals surface area contributed by atoms with Crippen molar-refractivity contribution < 1.29 is 29.3 Å². The minimum atomic E-state index is -0.853. The number of halogens is 2. The third-order valence-corrected chi connectivity index (χ3v) is 5.97. The Morgan fingerprint density at radius 2 is 1.42 bits per heavy atom. The van der Waals surface area contributed by atoms with E-state index in [0.717, 1.165) is 57.9 Å². The molecule has 0 atom stereocenters. The molecule has 0 spiro atoms. The summed E-state index contributed by atoms with van der Waals surface area (Å²) in [6, 6.07) is 11.6. The van der Waals surface area contributed by atoms with Crippen molar-refractivity contribution in [1.29, 1.82) is 0 Å². The molecule has 33 heavy (non-hydrogen) atoms. The van der Waals surface area contributed by atoms with E-state index in [4.69, 9.17) is 19.7 Å². The molecule has 8 heteroatoms. The Kier molecular flexibility index (Phi) is 12.3. The van der Waals surface area contributed by atoms with Crippen molar-refractivity contribution in [2.75, 3.05) is 13.2 Å². The van der Waals surface area contributed by atoms with E-state index < -0.39 is 11.9 Å². The molecule has 6 nitrogen and oxygen atoms in total. The van der Waals surface area contributed by atoms with Crippen LogP contribution in [-0.4, -0.2) is 35.4 Å². The summed E-state index contributed by atoms with van der Waals surface area (Å²) >= 11 is 6.91. The molecule has 0 saturated carbocycles. The summed E-state index contributed by atoms with van der Waals surface area (Å²) < 4.78 is 13.6. The summed E-state index contributed by atoms with van der Waals surface area (Å²) in [5.41, 5.74) is 2.01. The minimum Gasteiger partial charge on any atom is -0.494 e. The van der Waals surface area contributed by atoms with Gasteiger partial charge in [-0.15, -0.1) is 0 Å². The number of aliphatic carboxylic acids is 2. The summed E-state index contributed by atoms with van der Waals surface area (Å²) in [5, 5.41) is 17.9. The van der Waals surface area contributed by atoms with Gasteiger partial charge in [0, 0.05) is 21.8 Å². The molecular weight excluding hydrogens is 556 g/mol. The van der Waals surface area contributed by atoms with Crippen LogP contribution in [0, 0.1) is 0 Å². The highest BCUT2D eigenvalue weighted by Gasteiger charge is 2.12. The van der Waals surface area contributed by atoms with Crippen LogP contribution in [0.1, 0.15) is 56.1 Å². The van der Waals surface area contributed by atoms with E-state index in [9.17, 15) is 9.59 Å². The molecule has 0 heterocycles. The van der Waals surface area contributed by atoms with Crippen molar-refractivity contribution in [3.8, 4) is 11.5 Å². The Labute approximate surface area is 211 Å². The Morgan fingerprint density at radius 3 is 2.12 bits per heavy atom.